The van der Waals surface area contributed by atoms with Gasteiger partial charge < -0.3 is 15.3 Å². The second-order valence-electron chi connectivity index (χ2n) is 5.61. The predicted molar refractivity (Wildman–Crippen MR) is 75.1 cm³/mol. The summed E-state index contributed by atoms with van der Waals surface area (Å²) < 4.78 is 50.0. The molecule has 9 heteroatoms. The van der Waals surface area contributed by atoms with E-state index in [1.54, 1.807) is 0 Å². The number of amides is 2. The van der Waals surface area contributed by atoms with Gasteiger partial charge in [0.15, 0.2) is 0 Å². The quantitative estimate of drug-likeness (QED) is 0.790. The third-order valence-electron chi connectivity index (χ3n) is 3.66. The van der Waals surface area contributed by atoms with Gasteiger partial charge in [0, 0.05) is 19.5 Å². The van der Waals surface area contributed by atoms with Gasteiger partial charge in [0.25, 0.3) is 0 Å². The van der Waals surface area contributed by atoms with E-state index >= 15 is 0 Å². The summed E-state index contributed by atoms with van der Waals surface area (Å²) >= 11 is 0. The van der Waals surface area contributed by atoms with E-state index in [0.717, 1.165) is 6.07 Å². The third-order valence-corrected chi connectivity index (χ3v) is 3.66. The number of aliphatic hydroxyl groups is 1. The summed E-state index contributed by atoms with van der Waals surface area (Å²) in [5, 5.41) is 12.3. The standard InChI is InChI=1S/C15H16F4N2O3/c16-11-3-1-2-9(4-11)12(22)6-20-14(24)10-5-13(23)21(7-10)8-15(17,18)19/h1-4,10,12,22H,5-8H2,(H,20,24). The maximum atomic E-state index is 13.1. The SMILES string of the molecule is O=C(NCC(O)c1cccc(F)c1)C1CC(=O)N(CC(F)(F)F)C1. The van der Waals surface area contributed by atoms with Crippen LogP contribution in [-0.2, 0) is 9.59 Å². The smallest absolute Gasteiger partial charge is 0.387 e. The van der Waals surface area contributed by atoms with Gasteiger partial charge in [0.1, 0.15) is 12.4 Å². The van der Waals surface area contributed by atoms with Crippen molar-refractivity contribution >= 4 is 11.8 Å². The summed E-state index contributed by atoms with van der Waals surface area (Å²) in [5.41, 5.74) is 0.261. The van der Waals surface area contributed by atoms with Crippen LogP contribution in [0.1, 0.15) is 18.1 Å². The number of nitrogens with one attached hydrogen (secondary N) is 1. The number of aliphatic hydroxyl groups excluding tert-OH is 1. The first-order valence-corrected chi connectivity index (χ1v) is 7.21. The molecule has 0 spiro atoms. The molecule has 1 fully saturated rings. The Kier molecular flexibility index (Phi) is 5.43. The molecule has 132 valence electrons. The molecule has 0 aliphatic carbocycles. The number of hydrogen-bond donors (Lipinski definition) is 2. The summed E-state index contributed by atoms with van der Waals surface area (Å²) in [4.78, 5) is 24.1. The number of benzene rings is 1. The Balaban J connectivity index is 1.86. The van der Waals surface area contributed by atoms with Crippen molar-refractivity contribution in [2.24, 2.45) is 5.92 Å². The lowest BCUT2D eigenvalue weighted by molar-refractivity contribution is -0.157. The number of alkyl halides is 3. The van der Waals surface area contributed by atoms with Gasteiger partial charge in [0.2, 0.25) is 11.8 Å². The number of carbonyl (C=O) groups excluding carboxylic acids is 2. The maximum absolute atomic E-state index is 13.1. The van der Waals surface area contributed by atoms with Crippen molar-refractivity contribution in [3.8, 4) is 0 Å². The fraction of sp³-hybridized carbons (Fsp3) is 0.467. The number of hydrogen-bond acceptors (Lipinski definition) is 3. The van der Waals surface area contributed by atoms with Crippen molar-refractivity contribution in [2.45, 2.75) is 18.7 Å². The van der Waals surface area contributed by atoms with E-state index in [1.807, 2.05) is 0 Å². The van der Waals surface area contributed by atoms with Crippen molar-refractivity contribution < 1.29 is 32.3 Å². The van der Waals surface area contributed by atoms with Crippen LogP contribution >= 0.6 is 0 Å². The normalized spacial score (nSPS) is 19.5. The second kappa shape index (κ2) is 7.16. The Labute approximate surface area is 135 Å². The Bertz CT molecular complexity index is 621. The van der Waals surface area contributed by atoms with Gasteiger partial charge in [-0.1, -0.05) is 12.1 Å². The molecule has 2 unspecified atom stereocenters. The van der Waals surface area contributed by atoms with Gasteiger partial charge in [-0.15, -0.1) is 0 Å². The van der Waals surface area contributed by atoms with Crippen LogP contribution in [0.15, 0.2) is 24.3 Å². The van der Waals surface area contributed by atoms with E-state index in [1.165, 1.54) is 18.2 Å². The topological polar surface area (TPSA) is 69.6 Å². The lowest BCUT2D eigenvalue weighted by Gasteiger charge is -2.18. The Morgan fingerprint density at radius 1 is 1.42 bits per heavy atom. The predicted octanol–water partition coefficient (Wildman–Crippen LogP) is 1.39. The molecule has 2 atom stereocenters. The highest BCUT2D eigenvalue weighted by atomic mass is 19.4. The highest BCUT2D eigenvalue weighted by Crippen LogP contribution is 2.24. The third kappa shape index (κ3) is 4.92. The van der Waals surface area contributed by atoms with Crippen LogP contribution in [-0.4, -0.2) is 47.6 Å². The fourth-order valence-corrected chi connectivity index (χ4v) is 2.49. The van der Waals surface area contributed by atoms with Crippen LogP contribution in [0.3, 0.4) is 0 Å². The molecule has 1 saturated heterocycles. The maximum Gasteiger partial charge on any atom is 0.406 e. The Morgan fingerprint density at radius 2 is 2.12 bits per heavy atom. The molecule has 1 aromatic rings. The van der Waals surface area contributed by atoms with Crippen molar-refractivity contribution in [1.29, 1.82) is 0 Å². The van der Waals surface area contributed by atoms with Crippen LogP contribution in [0.4, 0.5) is 17.6 Å². The van der Waals surface area contributed by atoms with Gasteiger partial charge in [-0.3, -0.25) is 9.59 Å². The zero-order valence-electron chi connectivity index (χ0n) is 12.5. The number of rotatable bonds is 5. The van der Waals surface area contributed by atoms with E-state index in [2.05, 4.69) is 5.32 Å². The van der Waals surface area contributed by atoms with Gasteiger partial charge in [-0.2, -0.15) is 13.2 Å². The first-order valence-electron chi connectivity index (χ1n) is 7.21. The summed E-state index contributed by atoms with van der Waals surface area (Å²) in [6, 6.07) is 5.19. The van der Waals surface area contributed by atoms with Crippen molar-refractivity contribution in [3.63, 3.8) is 0 Å². The molecule has 0 radical (unpaired) electrons. The first kappa shape index (κ1) is 18.2. The van der Waals surface area contributed by atoms with Gasteiger partial charge in [-0.05, 0) is 17.7 Å². The summed E-state index contributed by atoms with van der Waals surface area (Å²) in [6.45, 7) is -1.94. The van der Waals surface area contributed by atoms with Crippen molar-refractivity contribution in [3.05, 3.63) is 35.6 Å². The molecule has 0 saturated carbocycles. The zero-order valence-corrected chi connectivity index (χ0v) is 12.5. The Hall–Kier alpha value is -2.16. The lowest BCUT2D eigenvalue weighted by Crippen LogP contribution is -2.38. The minimum absolute atomic E-state index is 0.230. The minimum atomic E-state index is -4.52. The molecular weight excluding hydrogens is 332 g/mol. The van der Waals surface area contributed by atoms with E-state index in [4.69, 9.17) is 0 Å². The average molecular weight is 348 g/mol. The molecule has 0 bridgehead atoms. The first-order chi connectivity index (χ1) is 11.2. The molecular formula is C15H16F4N2O3. The molecule has 1 aromatic carbocycles. The highest BCUT2D eigenvalue weighted by molar-refractivity contribution is 5.89. The van der Waals surface area contributed by atoms with Gasteiger partial charge in [0.05, 0.1) is 12.0 Å². The molecule has 2 amide bonds. The molecule has 2 rings (SSSR count). The second-order valence-corrected chi connectivity index (χ2v) is 5.61. The van der Waals surface area contributed by atoms with Crippen molar-refractivity contribution in [1.82, 2.24) is 10.2 Å². The molecule has 1 heterocycles. The number of likely N-dealkylation sites (tertiary alicyclic amines) is 1. The monoisotopic (exact) mass is 348 g/mol. The zero-order chi connectivity index (χ0) is 17.9. The van der Waals surface area contributed by atoms with E-state index in [0.29, 0.717) is 4.90 Å². The molecule has 0 aromatic heterocycles. The van der Waals surface area contributed by atoms with Crippen LogP contribution in [0.2, 0.25) is 0 Å². The average Bonchev–Trinajstić information content (AvgIpc) is 2.83. The van der Waals surface area contributed by atoms with Crippen LogP contribution in [0.5, 0.6) is 0 Å². The van der Waals surface area contributed by atoms with Crippen LogP contribution < -0.4 is 5.32 Å². The molecule has 24 heavy (non-hydrogen) atoms. The van der Waals surface area contributed by atoms with Crippen molar-refractivity contribution in [2.75, 3.05) is 19.6 Å². The largest absolute Gasteiger partial charge is 0.406 e. The number of carbonyl (C=O) groups is 2. The van der Waals surface area contributed by atoms with Crippen LogP contribution in [0.25, 0.3) is 0 Å². The number of nitrogens with zero attached hydrogens (tertiary/aromatic N) is 1. The highest BCUT2D eigenvalue weighted by Gasteiger charge is 2.40. The summed E-state index contributed by atoms with van der Waals surface area (Å²) in [6.07, 6.45) is -5.99. The summed E-state index contributed by atoms with van der Waals surface area (Å²) in [7, 11) is 0. The fourth-order valence-electron chi connectivity index (χ4n) is 2.49. The Morgan fingerprint density at radius 3 is 2.75 bits per heavy atom. The molecule has 5 nitrogen and oxygen atoms in total. The van der Waals surface area contributed by atoms with E-state index in [-0.39, 0.29) is 25.1 Å². The minimum Gasteiger partial charge on any atom is -0.387 e. The number of halogens is 4. The van der Waals surface area contributed by atoms with E-state index < -0.39 is 42.4 Å². The van der Waals surface area contributed by atoms with Gasteiger partial charge >= 0.3 is 6.18 Å². The van der Waals surface area contributed by atoms with Crippen LogP contribution in [0, 0.1) is 11.7 Å². The molecule has 1 aliphatic rings. The lowest BCUT2D eigenvalue weighted by atomic mass is 10.1. The van der Waals surface area contributed by atoms with Gasteiger partial charge in [-0.25, -0.2) is 4.39 Å². The van der Waals surface area contributed by atoms with E-state index in [9.17, 15) is 32.3 Å². The molecule has 1 aliphatic heterocycles. The summed E-state index contributed by atoms with van der Waals surface area (Å²) in [5.74, 6) is -2.80. The molecule has 2 N–H and O–H groups in total.